The minimum atomic E-state index is -2.98. The van der Waals surface area contributed by atoms with Gasteiger partial charge in [0.1, 0.15) is 0 Å². The van der Waals surface area contributed by atoms with E-state index in [1.54, 1.807) is 6.92 Å². The molecule has 13 heavy (non-hydrogen) atoms. The molecular weight excluding hydrogens is 212 g/mol. The van der Waals surface area contributed by atoms with E-state index < -0.39 is 21.1 Å². The Labute approximate surface area is 82.6 Å². The highest BCUT2D eigenvalue weighted by molar-refractivity contribution is 8.01. The van der Waals surface area contributed by atoms with E-state index in [-0.39, 0.29) is 11.5 Å². The average molecular weight is 225 g/mol. The standard InChI is InChI=1S/C7H14O4S2/c1-3-13(10,11)5-4-12-6(2)7(8)9/h6H,3-5H2,1-2H3,(H,8,9)/p-1/t6-/m0/s1. The summed E-state index contributed by atoms with van der Waals surface area (Å²) >= 11 is 1.09. The first-order chi connectivity index (χ1) is 5.89. The maximum Gasteiger partial charge on any atom is 0.150 e. The summed E-state index contributed by atoms with van der Waals surface area (Å²) in [5.74, 6) is -0.705. The molecule has 1 atom stereocenters. The highest BCUT2D eigenvalue weighted by Gasteiger charge is 2.09. The summed E-state index contributed by atoms with van der Waals surface area (Å²) in [7, 11) is -2.98. The van der Waals surface area contributed by atoms with Crippen molar-refractivity contribution in [3.63, 3.8) is 0 Å². The fraction of sp³-hybridized carbons (Fsp3) is 0.857. The number of rotatable bonds is 6. The van der Waals surface area contributed by atoms with Gasteiger partial charge in [0, 0.05) is 16.8 Å². The van der Waals surface area contributed by atoms with Crippen LogP contribution in [-0.2, 0) is 14.6 Å². The van der Waals surface area contributed by atoms with E-state index >= 15 is 0 Å². The Balaban J connectivity index is 3.75. The molecule has 0 saturated heterocycles. The van der Waals surface area contributed by atoms with E-state index in [2.05, 4.69) is 0 Å². The lowest BCUT2D eigenvalue weighted by atomic mass is 10.5. The molecule has 6 heteroatoms. The van der Waals surface area contributed by atoms with Crippen LogP contribution in [0.5, 0.6) is 0 Å². The predicted molar refractivity (Wildman–Crippen MR) is 51.3 cm³/mol. The number of carbonyl (C=O) groups excluding carboxylic acids is 1. The third-order valence-corrected chi connectivity index (χ3v) is 4.63. The fourth-order valence-electron chi connectivity index (χ4n) is 0.564. The topological polar surface area (TPSA) is 74.3 Å². The highest BCUT2D eigenvalue weighted by atomic mass is 32.2. The molecule has 0 fully saturated rings. The molecule has 0 N–H and O–H groups in total. The average Bonchev–Trinajstić information content (AvgIpc) is 2.04. The summed E-state index contributed by atoms with van der Waals surface area (Å²) in [4.78, 5) is 10.2. The summed E-state index contributed by atoms with van der Waals surface area (Å²) in [5, 5.41) is 9.60. The molecule has 78 valence electrons. The number of carbonyl (C=O) groups is 1. The third-order valence-electron chi connectivity index (χ3n) is 1.53. The fourth-order valence-corrected chi connectivity index (χ4v) is 2.74. The van der Waals surface area contributed by atoms with Gasteiger partial charge < -0.3 is 9.90 Å². The Morgan fingerprint density at radius 3 is 2.46 bits per heavy atom. The Morgan fingerprint density at radius 2 is 2.08 bits per heavy atom. The molecule has 0 aliphatic carbocycles. The Morgan fingerprint density at radius 1 is 1.54 bits per heavy atom. The Bertz CT molecular complexity index is 258. The lowest BCUT2D eigenvalue weighted by Crippen LogP contribution is -2.32. The molecule has 0 aromatic heterocycles. The van der Waals surface area contributed by atoms with E-state index in [0.717, 1.165) is 11.8 Å². The van der Waals surface area contributed by atoms with Gasteiger partial charge in [0.15, 0.2) is 9.84 Å². The second kappa shape index (κ2) is 5.49. The van der Waals surface area contributed by atoms with Crippen molar-refractivity contribution in [2.24, 2.45) is 0 Å². The minimum Gasteiger partial charge on any atom is -0.549 e. The number of aliphatic carboxylic acids is 1. The maximum atomic E-state index is 11.0. The van der Waals surface area contributed by atoms with Crippen molar-refractivity contribution in [1.82, 2.24) is 0 Å². The molecule has 0 spiro atoms. The van der Waals surface area contributed by atoms with Gasteiger partial charge >= 0.3 is 0 Å². The lowest BCUT2D eigenvalue weighted by molar-refractivity contribution is -0.304. The van der Waals surface area contributed by atoms with Crippen molar-refractivity contribution in [3.05, 3.63) is 0 Å². The smallest absolute Gasteiger partial charge is 0.150 e. The van der Waals surface area contributed by atoms with Crippen molar-refractivity contribution in [1.29, 1.82) is 0 Å². The largest absolute Gasteiger partial charge is 0.549 e. The van der Waals surface area contributed by atoms with Crippen LogP contribution in [0.1, 0.15) is 13.8 Å². The zero-order valence-corrected chi connectivity index (χ0v) is 9.28. The molecule has 0 bridgehead atoms. The van der Waals surface area contributed by atoms with Crippen LogP contribution in [0.2, 0.25) is 0 Å². The molecule has 4 nitrogen and oxygen atoms in total. The van der Waals surface area contributed by atoms with Gasteiger partial charge in [0.2, 0.25) is 0 Å². The molecule has 0 rings (SSSR count). The van der Waals surface area contributed by atoms with Gasteiger partial charge in [0.05, 0.1) is 11.7 Å². The predicted octanol–water partition coefficient (Wildman–Crippen LogP) is -0.707. The van der Waals surface area contributed by atoms with Gasteiger partial charge in [-0.15, -0.1) is 0 Å². The summed E-state index contributed by atoms with van der Waals surface area (Å²) < 4.78 is 21.9. The van der Waals surface area contributed by atoms with Crippen LogP contribution in [0.4, 0.5) is 0 Å². The van der Waals surface area contributed by atoms with Crippen molar-refractivity contribution < 1.29 is 18.3 Å². The Kier molecular flexibility index (Phi) is 5.39. The van der Waals surface area contributed by atoms with Crippen LogP contribution in [0.15, 0.2) is 0 Å². The summed E-state index contributed by atoms with van der Waals surface area (Å²) in [6.45, 7) is 3.06. The zero-order valence-electron chi connectivity index (χ0n) is 7.65. The van der Waals surface area contributed by atoms with Gasteiger partial charge in [-0.1, -0.05) is 6.92 Å². The molecule has 0 heterocycles. The van der Waals surface area contributed by atoms with Crippen molar-refractivity contribution in [2.75, 3.05) is 17.3 Å². The molecular formula is C7H13O4S2-. The van der Waals surface area contributed by atoms with Crippen LogP contribution in [0.25, 0.3) is 0 Å². The molecule has 0 radical (unpaired) electrons. The van der Waals surface area contributed by atoms with E-state index in [1.807, 2.05) is 0 Å². The normalized spacial score (nSPS) is 14.0. The van der Waals surface area contributed by atoms with Gasteiger partial charge in [-0.05, 0) is 6.92 Å². The molecule has 0 aromatic rings. The minimum absolute atomic E-state index is 0.0335. The van der Waals surface area contributed by atoms with Crippen molar-refractivity contribution in [3.8, 4) is 0 Å². The first-order valence-electron chi connectivity index (χ1n) is 3.92. The zero-order chi connectivity index (χ0) is 10.5. The van der Waals surface area contributed by atoms with Crippen molar-refractivity contribution in [2.45, 2.75) is 19.1 Å². The van der Waals surface area contributed by atoms with Gasteiger partial charge in [0.25, 0.3) is 0 Å². The number of hydrogen-bond acceptors (Lipinski definition) is 5. The van der Waals surface area contributed by atoms with E-state index in [0.29, 0.717) is 5.75 Å². The summed E-state index contributed by atoms with van der Waals surface area (Å²) in [5.41, 5.74) is 0. The van der Waals surface area contributed by atoms with E-state index in [9.17, 15) is 18.3 Å². The third kappa shape index (κ3) is 5.93. The molecule has 0 unspecified atom stereocenters. The monoisotopic (exact) mass is 225 g/mol. The highest BCUT2D eigenvalue weighted by Crippen LogP contribution is 2.09. The van der Waals surface area contributed by atoms with Crippen molar-refractivity contribution >= 4 is 27.6 Å². The Hall–Kier alpha value is -0.230. The first kappa shape index (κ1) is 12.8. The SMILES string of the molecule is CCS(=O)(=O)CCS[C@@H](C)C(=O)[O-]. The number of sulfone groups is 1. The van der Waals surface area contributed by atoms with Crippen LogP contribution in [-0.4, -0.2) is 36.9 Å². The first-order valence-corrected chi connectivity index (χ1v) is 6.79. The molecule has 0 amide bonds. The molecule has 0 aliphatic rings. The summed E-state index contributed by atoms with van der Waals surface area (Å²) in [6.07, 6.45) is 0. The number of carboxylic acid groups (broad SMARTS) is 1. The number of hydrogen-bond donors (Lipinski definition) is 0. The molecule has 0 aliphatic heterocycles. The van der Waals surface area contributed by atoms with Crippen LogP contribution in [0, 0.1) is 0 Å². The van der Waals surface area contributed by atoms with Gasteiger partial charge in [-0.25, -0.2) is 8.42 Å². The van der Waals surface area contributed by atoms with E-state index in [1.165, 1.54) is 6.92 Å². The summed E-state index contributed by atoms with van der Waals surface area (Å²) in [6, 6.07) is 0. The van der Waals surface area contributed by atoms with Crippen LogP contribution >= 0.6 is 11.8 Å². The second-order valence-electron chi connectivity index (χ2n) is 2.57. The number of carboxylic acids is 1. The van der Waals surface area contributed by atoms with Crippen LogP contribution < -0.4 is 5.11 Å². The number of thioether (sulfide) groups is 1. The van der Waals surface area contributed by atoms with E-state index in [4.69, 9.17) is 0 Å². The van der Waals surface area contributed by atoms with Gasteiger partial charge in [-0.3, -0.25) is 0 Å². The second-order valence-corrected chi connectivity index (χ2v) is 6.49. The maximum absolute atomic E-state index is 11.0. The van der Waals surface area contributed by atoms with Gasteiger partial charge in [-0.2, -0.15) is 11.8 Å². The lowest BCUT2D eigenvalue weighted by Gasteiger charge is -2.11. The molecule has 0 saturated carbocycles. The quantitative estimate of drug-likeness (QED) is 0.597. The molecule has 0 aromatic carbocycles. The van der Waals surface area contributed by atoms with Crippen LogP contribution in [0.3, 0.4) is 0 Å².